The van der Waals surface area contributed by atoms with Crippen molar-refractivity contribution in [3.63, 3.8) is 0 Å². The first-order valence-electron chi connectivity index (χ1n) is 21.7. The fourth-order valence-corrected chi connectivity index (χ4v) is 7.86. The predicted molar refractivity (Wildman–Crippen MR) is 242 cm³/mol. The van der Waals surface area contributed by atoms with E-state index in [-0.39, 0.29) is 57.8 Å². The number of nitriles is 1. The quantitative estimate of drug-likeness (QED) is 0.0792. The molecule has 10 N–H and O–H groups in total. The van der Waals surface area contributed by atoms with Gasteiger partial charge in [0, 0.05) is 43.2 Å². The summed E-state index contributed by atoms with van der Waals surface area (Å²) < 4.78 is 12.2. The number of hydrogen-bond acceptors (Lipinski definition) is 13. The molecule has 0 radical (unpaired) electrons. The van der Waals surface area contributed by atoms with E-state index in [4.69, 9.17) is 31.9 Å². The first-order valence-corrected chi connectivity index (χ1v) is 21.7. The molecule has 5 amide bonds. The molecule has 2 heterocycles. The number of carbonyl (C=O) groups is 5. The number of nitrogens with zero attached hydrogens (tertiary/aromatic N) is 4. The lowest BCUT2D eigenvalue weighted by Gasteiger charge is -2.32. The van der Waals surface area contributed by atoms with Crippen LogP contribution in [-0.4, -0.2) is 109 Å². The Labute approximate surface area is 378 Å². The molecule has 1 saturated carbocycles. The minimum absolute atomic E-state index is 0.00406. The van der Waals surface area contributed by atoms with E-state index in [1.165, 1.54) is 37.3 Å². The lowest BCUT2D eigenvalue weighted by molar-refractivity contribution is -0.141. The van der Waals surface area contributed by atoms with Crippen molar-refractivity contribution in [2.45, 2.75) is 76.5 Å². The number of hydrogen-bond donors (Lipinski definition) is 7. The molecule has 4 bridgehead atoms. The summed E-state index contributed by atoms with van der Waals surface area (Å²) in [5.74, 6) is -1.48. The molecule has 0 saturated heterocycles. The fourth-order valence-electron chi connectivity index (χ4n) is 7.86. The molecule has 1 aliphatic carbocycles. The molecule has 1 fully saturated rings. The summed E-state index contributed by atoms with van der Waals surface area (Å²) in [5.41, 5.74) is 22.7. The zero-order chi connectivity index (χ0) is 46.8. The van der Waals surface area contributed by atoms with Gasteiger partial charge in [-0.15, -0.1) is 0 Å². The van der Waals surface area contributed by atoms with Crippen molar-refractivity contribution in [3.05, 3.63) is 94.3 Å². The van der Waals surface area contributed by atoms with Crippen molar-refractivity contribution in [2.75, 3.05) is 46.4 Å². The summed E-state index contributed by atoms with van der Waals surface area (Å²) in [7, 11) is 1.42. The maximum Gasteiger partial charge on any atom is 0.255 e. The highest BCUT2D eigenvalue weighted by molar-refractivity contribution is 6.00. The van der Waals surface area contributed by atoms with Crippen LogP contribution >= 0.6 is 0 Å². The smallest absolute Gasteiger partial charge is 0.255 e. The zero-order valence-corrected chi connectivity index (χ0v) is 37.1. The van der Waals surface area contributed by atoms with Crippen LogP contribution in [0.5, 0.6) is 11.5 Å². The van der Waals surface area contributed by atoms with E-state index in [2.05, 4.69) is 43.4 Å². The summed E-state index contributed by atoms with van der Waals surface area (Å²) >= 11 is 0. The Balaban J connectivity index is 1.38. The van der Waals surface area contributed by atoms with Crippen molar-refractivity contribution in [1.29, 1.82) is 5.26 Å². The second-order valence-corrected chi connectivity index (χ2v) is 16.2. The van der Waals surface area contributed by atoms with Gasteiger partial charge in [0.25, 0.3) is 5.91 Å². The molecule has 1 aliphatic heterocycles. The van der Waals surface area contributed by atoms with Gasteiger partial charge in [-0.05, 0) is 93.5 Å². The van der Waals surface area contributed by atoms with Crippen LogP contribution < -0.4 is 47.9 Å². The number of amides is 5. The second kappa shape index (κ2) is 21.6. The number of rotatable bonds is 16. The third-order valence-corrected chi connectivity index (χ3v) is 11.3. The third kappa shape index (κ3) is 11.4. The van der Waals surface area contributed by atoms with Crippen LogP contribution in [0.1, 0.15) is 76.6 Å². The molecule has 18 heteroatoms. The molecule has 65 heavy (non-hydrogen) atoms. The molecule has 4 aromatic rings. The number of carbonyl (C=O) groups excluding carboxylic acids is 5. The Morgan fingerprint density at radius 3 is 2.08 bits per heavy atom. The number of benzene rings is 3. The van der Waals surface area contributed by atoms with Gasteiger partial charge in [-0.2, -0.15) is 5.26 Å². The van der Waals surface area contributed by atoms with Crippen molar-refractivity contribution in [2.24, 2.45) is 17.2 Å². The average molecular weight is 888 g/mol. The van der Waals surface area contributed by atoms with Gasteiger partial charge < -0.3 is 52.8 Å². The molecule has 2 aliphatic rings. The molecule has 6 rings (SSSR count). The lowest BCUT2D eigenvalue weighted by atomic mass is 9.93. The summed E-state index contributed by atoms with van der Waals surface area (Å²) in [5, 5.41) is 19.9. The van der Waals surface area contributed by atoms with E-state index in [9.17, 15) is 24.0 Å². The van der Waals surface area contributed by atoms with E-state index < -0.39 is 53.7 Å². The third-order valence-electron chi connectivity index (χ3n) is 11.3. The van der Waals surface area contributed by atoms with Gasteiger partial charge in [0.15, 0.2) is 5.82 Å². The highest BCUT2D eigenvalue weighted by Gasteiger charge is 2.36. The molecular formula is C47H57N11O7. The first-order chi connectivity index (χ1) is 31.3. The number of fused-ring (bicyclic) bond motifs is 5. The highest BCUT2D eigenvalue weighted by Crippen LogP contribution is 2.41. The molecular weight excluding hydrogens is 831 g/mol. The van der Waals surface area contributed by atoms with Gasteiger partial charge in [-0.3, -0.25) is 24.0 Å². The van der Waals surface area contributed by atoms with Gasteiger partial charge in [0.2, 0.25) is 23.6 Å². The van der Waals surface area contributed by atoms with Gasteiger partial charge in [-0.1, -0.05) is 36.4 Å². The Bertz CT molecular complexity index is 2430. The Hall–Kier alpha value is -6.94. The molecule has 18 nitrogen and oxygen atoms in total. The summed E-state index contributed by atoms with van der Waals surface area (Å²) in [4.78, 5) is 81.0. The Kier molecular flexibility index (Phi) is 15.8. The van der Waals surface area contributed by atoms with Crippen LogP contribution in [-0.2, 0) is 25.6 Å². The second-order valence-electron chi connectivity index (χ2n) is 16.2. The van der Waals surface area contributed by atoms with Gasteiger partial charge in [0.05, 0.1) is 23.0 Å². The van der Waals surface area contributed by atoms with Crippen molar-refractivity contribution >= 4 is 29.5 Å². The van der Waals surface area contributed by atoms with Crippen molar-refractivity contribution in [1.82, 2.24) is 36.1 Å². The maximum atomic E-state index is 14.7. The summed E-state index contributed by atoms with van der Waals surface area (Å²) in [6, 6.07) is 15.2. The van der Waals surface area contributed by atoms with Crippen molar-refractivity contribution in [3.8, 4) is 40.1 Å². The fraction of sp³-hybridized carbons (Fsp3) is 0.404. The number of aromatic nitrogens is 2. The lowest BCUT2D eigenvalue weighted by Crippen LogP contribution is -2.56. The van der Waals surface area contributed by atoms with E-state index in [1.54, 1.807) is 50.2 Å². The number of nitrogens with one attached hydrogen (secondary N) is 4. The van der Waals surface area contributed by atoms with Crippen LogP contribution in [0.3, 0.4) is 0 Å². The van der Waals surface area contributed by atoms with E-state index in [0.717, 1.165) is 5.56 Å². The molecule has 1 aromatic heterocycles. The summed E-state index contributed by atoms with van der Waals surface area (Å²) in [6.07, 6.45) is 2.38. The maximum absolute atomic E-state index is 14.7. The number of aryl methyl sites for hydroxylation is 2. The van der Waals surface area contributed by atoms with Gasteiger partial charge >= 0.3 is 0 Å². The Morgan fingerprint density at radius 1 is 0.862 bits per heavy atom. The van der Waals surface area contributed by atoms with Gasteiger partial charge in [-0.25, -0.2) is 9.97 Å². The van der Waals surface area contributed by atoms with Crippen molar-refractivity contribution < 1.29 is 33.4 Å². The Morgan fingerprint density at radius 2 is 1.48 bits per heavy atom. The monoisotopic (exact) mass is 887 g/mol. The average Bonchev–Trinajstić information content (AvgIpc) is 4.15. The normalized spacial score (nSPS) is 17.6. The van der Waals surface area contributed by atoms with E-state index in [1.807, 2.05) is 18.2 Å². The van der Waals surface area contributed by atoms with Crippen LogP contribution in [0.15, 0.2) is 60.7 Å². The molecule has 342 valence electrons. The SMILES string of the molecule is Cc1nc(-c2ccc(C3CC3)cc2)nc(C)c1C(=O)NC(CCN)C(=O)N(C)C1C(=O)NC(C)C(=O)NC(C(=O)NCC#N)Cc2ccc(OCCN)c(c2)-c2cc1ccc2OCCN. The summed E-state index contributed by atoms with van der Waals surface area (Å²) in [6.45, 7) is 5.23. The van der Waals surface area contributed by atoms with Crippen LogP contribution in [0.4, 0.5) is 0 Å². The zero-order valence-electron chi connectivity index (χ0n) is 37.1. The molecule has 4 atom stereocenters. The highest BCUT2D eigenvalue weighted by atomic mass is 16.5. The minimum atomic E-state index is -1.40. The predicted octanol–water partition coefficient (Wildman–Crippen LogP) is 1.81. The van der Waals surface area contributed by atoms with E-state index >= 15 is 0 Å². The first kappa shape index (κ1) is 47.5. The van der Waals surface area contributed by atoms with Crippen LogP contribution in [0.2, 0.25) is 0 Å². The molecule has 4 unspecified atom stereocenters. The number of nitrogens with two attached hydrogens (primary N) is 3. The molecule has 3 aromatic carbocycles. The number of ether oxygens (including phenoxy) is 2. The number of likely N-dealkylation sites (N-methyl/N-ethyl adjacent to an activating group) is 1. The van der Waals surface area contributed by atoms with Gasteiger partial charge in [0.1, 0.15) is 55.4 Å². The molecule has 0 spiro atoms. The van der Waals surface area contributed by atoms with Crippen LogP contribution in [0.25, 0.3) is 22.5 Å². The largest absolute Gasteiger partial charge is 0.492 e. The van der Waals surface area contributed by atoms with Crippen LogP contribution in [0, 0.1) is 25.2 Å². The topological polar surface area (TPSA) is 283 Å². The van der Waals surface area contributed by atoms with E-state index in [0.29, 0.717) is 56.9 Å². The minimum Gasteiger partial charge on any atom is -0.492 e. The standard InChI is InChI=1S/C47H57N11O7/c1-26-40(27(2)54-42(53-26)32-10-8-31(9-11-32)30-6-7-30)45(61)56-36(15-16-48)47(63)58(4)41-33-12-14-39(65-22-19-51)35(25-33)34-23-29(5-13-38(34)64-21-18-50)24-37(44(60)52-20-17-49)57-43(59)28(3)55-46(41)62/h5,8-14,23,25,28,30,36-37,41H,6-7,15-16,18-22,24,48,50-51H2,1-4H3,(H,52,60)(H,55,62)(H,56,61)(H,57,59).